The highest BCUT2D eigenvalue weighted by Gasteiger charge is 2.07. The van der Waals surface area contributed by atoms with Crippen molar-refractivity contribution in [2.75, 3.05) is 5.32 Å². The number of hydrogen-bond acceptors (Lipinski definition) is 3. The largest absolute Gasteiger partial charge is 0.348 e. The van der Waals surface area contributed by atoms with Crippen LogP contribution in [0.2, 0.25) is 0 Å². The Morgan fingerprint density at radius 3 is 2.38 bits per heavy atom. The van der Waals surface area contributed by atoms with Gasteiger partial charge in [-0.2, -0.15) is 0 Å². The van der Waals surface area contributed by atoms with Crippen molar-refractivity contribution in [3.63, 3.8) is 0 Å². The average molecular weight is 349 g/mol. The third-order valence-electron chi connectivity index (χ3n) is 3.68. The van der Waals surface area contributed by atoms with E-state index >= 15 is 0 Å². The standard InChI is InChI=1S/C20H16FN3O2/c21-17-5-1-3-15(11-17)19(25)23-12-14-6-8-18(9-7-14)24-20(26)16-4-2-10-22-13-16/h1-11,13H,12H2,(H,23,25)(H,24,26). The molecule has 0 aliphatic rings. The number of aromatic nitrogens is 1. The summed E-state index contributed by atoms with van der Waals surface area (Å²) in [5.74, 6) is -1.05. The van der Waals surface area contributed by atoms with Crippen LogP contribution in [0.25, 0.3) is 0 Å². The van der Waals surface area contributed by atoms with E-state index in [1.807, 2.05) is 0 Å². The zero-order valence-corrected chi connectivity index (χ0v) is 13.8. The summed E-state index contributed by atoms with van der Waals surface area (Å²) in [5, 5.41) is 5.50. The van der Waals surface area contributed by atoms with Crippen LogP contribution in [0.5, 0.6) is 0 Å². The molecule has 1 aromatic heterocycles. The number of amides is 2. The normalized spacial score (nSPS) is 10.2. The minimum Gasteiger partial charge on any atom is -0.348 e. The van der Waals surface area contributed by atoms with Gasteiger partial charge in [-0.25, -0.2) is 4.39 Å². The molecule has 0 saturated carbocycles. The molecule has 6 heteroatoms. The topological polar surface area (TPSA) is 71.1 Å². The number of pyridine rings is 1. The van der Waals surface area contributed by atoms with Gasteiger partial charge < -0.3 is 10.6 Å². The molecule has 2 amide bonds. The quantitative estimate of drug-likeness (QED) is 0.742. The average Bonchev–Trinajstić information content (AvgIpc) is 2.68. The van der Waals surface area contributed by atoms with Gasteiger partial charge in [0, 0.05) is 30.2 Å². The van der Waals surface area contributed by atoms with E-state index in [4.69, 9.17) is 0 Å². The Bertz CT molecular complexity index is 912. The second kappa shape index (κ2) is 8.02. The molecule has 26 heavy (non-hydrogen) atoms. The van der Waals surface area contributed by atoms with Crippen LogP contribution in [-0.2, 0) is 6.54 Å². The predicted molar refractivity (Wildman–Crippen MR) is 96.2 cm³/mol. The molecule has 3 aromatic rings. The fourth-order valence-corrected chi connectivity index (χ4v) is 2.32. The number of nitrogens with one attached hydrogen (secondary N) is 2. The fraction of sp³-hybridized carbons (Fsp3) is 0.0500. The lowest BCUT2D eigenvalue weighted by atomic mass is 10.1. The van der Waals surface area contributed by atoms with Gasteiger partial charge in [-0.15, -0.1) is 0 Å². The maximum Gasteiger partial charge on any atom is 0.257 e. The van der Waals surface area contributed by atoms with Crippen LogP contribution in [0.15, 0.2) is 73.1 Å². The molecule has 130 valence electrons. The summed E-state index contributed by atoms with van der Waals surface area (Å²) in [6.45, 7) is 0.298. The highest BCUT2D eigenvalue weighted by molar-refractivity contribution is 6.04. The molecule has 5 nitrogen and oxygen atoms in total. The van der Waals surface area contributed by atoms with Crippen LogP contribution in [0.1, 0.15) is 26.3 Å². The molecule has 0 atom stereocenters. The molecule has 3 rings (SSSR count). The smallest absolute Gasteiger partial charge is 0.257 e. The molecule has 0 aliphatic carbocycles. The third-order valence-corrected chi connectivity index (χ3v) is 3.68. The Labute approximate surface area is 149 Å². The zero-order chi connectivity index (χ0) is 18.4. The van der Waals surface area contributed by atoms with Gasteiger partial charge >= 0.3 is 0 Å². The summed E-state index contributed by atoms with van der Waals surface area (Å²) in [6, 6.07) is 16.0. The van der Waals surface area contributed by atoms with Gasteiger partial charge in [0.2, 0.25) is 0 Å². The number of carbonyl (C=O) groups excluding carboxylic acids is 2. The van der Waals surface area contributed by atoms with Crippen molar-refractivity contribution in [2.24, 2.45) is 0 Å². The maximum atomic E-state index is 13.1. The van der Waals surface area contributed by atoms with E-state index in [1.54, 1.807) is 48.7 Å². The first-order valence-corrected chi connectivity index (χ1v) is 7.96. The number of carbonyl (C=O) groups is 2. The SMILES string of the molecule is O=C(NCc1ccc(NC(=O)c2cccnc2)cc1)c1cccc(F)c1. The predicted octanol–water partition coefficient (Wildman–Crippen LogP) is 3.40. The summed E-state index contributed by atoms with van der Waals surface area (Å²) < 4.78 is 13.1. The number of rotatable bonds is 5. The zero-order valence-electron chi connectivity index (χ0n) is 13.8. The van der Waals surface area contributed by atoms with Gasteiger partial charge in [0.05, 0.1) is 5.56 Å². The molecule has 0 fully saturated rings. The minimum atomic E-state index is -0.452. The number of anilines is 1. The highest BCUT2D eigenvalue weighted by atomic mass is 19.1. The van der Waals surface area contributed by atoms with Crippen molar-refractivity contribution in [1.29, 1.82) is 0 Å². The van der Waals surface area contributed by atoms with Gasteiger partial charge in [0.1, 0.15) is 5.82 Å². The molecular weight excluding hydrogens is 333 g/mol. The lowest BCUT2D eigenvalue weighted by molar-refractivity contribution is 0.0949. The monoisotopic (exact) mass is 349 g/mol. The summed E-state index contributed by atoms with van der Waals surface area (Å²) in [6.07, 6.45) is 3.09. The van der Waals surface area contributed by atoms with E-state index in [0.29, 0.717) is 17.8 Å². The number of hydrogen-bond donors (Lipinski definition) is 2. The van der Waals surface area contributed by atoms with Crippen molar-refractivity contribution >= 4 is 17.5 Å². The summed E-state index contributed by atoms with van der Waals surface area (Å²) >= 11 is 0. The Kier molecular flexibility index (Phi) is 5.34. The molecule has 0 aliphatic heterocycles. The van der Waals surface area contributed by atoms with Crippen LogP contribution < -0.4 is 10.6 Å². The Balaban J connectivity index is 1.56. The van der Waals surface area contributed by atoms with Gasteiger partial charge in [-0.05, 0) is 48.0 Å². The fourth-order valence-electron chi connectivity index (χ4n) is 2.32. The van der Waals surface area contributed by atoms with Crippen molar-refractivity contribution in [3.05, 3.63) is 95.6 Å². The van der Waals surface area contributed by atoms with Crippen LogP contribution in [-0.4, -0.2) is 16.8 Å². The van der Waals surface area contributed by atoms with E-state index in [1.165, 1.54) is 24.4 Å². The second-order valence-electron chi connectivity index (χ2n) is 5.59. The molecule has 0 radical (unpaired) electrons. The molecule has 1 heterocycles. The molecule has 2 N–H and O–H groups in total. The summed E-state index contributed by atoms with van der Waals surface area (Å²) in [7, 11) is 0. The first kappa shape index (κ1) is 17.3. The van der Waals surface area contributed by atoms with E-state index < -0.39 is 5.82 Å². The first-order chi connectivity index (χ1) is 12.6. The van der Waals surface area contributed by atoms with Crippen molar-refractivity contribution in [3.8, 4) is 0 Å². The van der Waals surface area contributed by atoms with Gasteiger partial charge in [-0.3, -0.25) is 14.6 Å². The van der Waals surface area contributed by atoms with E-state index in [9.17, 15) is 14.0 Å². The Hall–Kier alpha value is -3.54. The lowest BCUT2D eigenvalue weighted by Gasteiger charge is -2.08. The highest BCUT2D eigenvalue weighted by Crippen LogP contribution is 2.11. The summed E-state index contributed by atoms with van der Waals surface area (Å²) in [4.78, 5) is 28.0. The molecule has 2 aromatic carbocycles. The van der Waals surface area contributed by atoms with E-state index in [0.717, 1.165) is 5.56 Å². The van der Waals surface area contributed by atoms with Gasteiger partial charge in [0.15, 0.2) is 0 Å². The van der Waals surface area contributed by atoms with Crippen molar-refractivity contribution < 1.29 is 14.0 Å². The lowest BCUT2D eigenvalue weighted by Crippen LogP contribution is -2.22. The molecule has 0 unspecified atom stereocenters. The second-order valence-corrected chi connectivity index (χ2v) is 5.59. The van der Waals surface area contributed by atoms with Gasteiger partial charge in [0.25, 0.3) is 11.8 Å². The number of benzene rings is 2. The first-order valence-electron chi connectivity index (χ1n) is 7.96. The number of nitrogens with zero attached hydrogens (tertiary/aromatic N) is 1. The van der Waals surface area contributed by atoms with E-state index in [2.05, 4.69) is 15.6 Å². The van der Waals surface area contributed by atoms with Crippen molar-refractivity contribution in [1.82, 2.24) is 10.3 Å². The van der Waals surface area contributed by atoms with Crippen LogP contribution >= 0.6 is 0 Å². The van der Waals surface area contributed by atoms with Crippen LogP contribution in [0, 0.1) is 5.82 Å². The van der Waals surface area contributed by atoms with Crippen LogP contribution in [0.4, 0.5) is 10.1 Å². The Morgan fingerprint density at radius 2 is 1.69 bits per heavy atom. The molecular formula is C20H16FN3O2. The number of halogens is 1. The van der Waals surface area contributed by atoms with Crippen LogP contribution in [0.3, 0.4) is 0 Å². The summed E-state index contributed by atoms with van der Waals surface area (Å²) in [5.41, 5.74) is 2.23. The van der Waals surface area contributed by atoms with E-state index in [-0.39, 0.29) is 17.4 Å². The molecule has 0 spiro atoms. The molecule has 0 bridgehead atoms. The maximum absolute atomic E-state index is 13.1. The Morgan fingerprint density at radius 1 is 0.923 bits per heavy atom. The minimum absolute atomic E-state index is 0.245. The third kappa shape index (κ3) is 4.51. The molecule has 0 saturated heterocycles. The van der Waals surface area contributed by atoms with Crippen molar-refractivity contribution in [2.45, 2.75) is 6.54 Å². The van der Waals surface area contributed by atoms with Gasteiger partial charge in [-0.1, -0.05) is 18.2 Å².